The average Bonchev–Trinajstić information content (AvgIpc) is 3.19. The van der Waals surface area contributed by atoms with Crippen molar-refractivity contribution in [2.24, 2.45) is 0 Å². The summed E-state index contributed by atoms with van der Waals surface area (Å²) in [6.07, 6.45) is 0. The zero-order valence-corrected chi connectivity index (χ0v) is 12.9. The zero-order valence-electron chi connectivity index (χ0n) is 11.3. The van der Waals surface area contributed by atoms with Crippen LogP contribution in [-0.2, 0) is 0 Å². The predicted molar refractivity (Wildman–Crippen MR) is 77.6 cm³/mol. The molecule has 0 bridgehead atoms. The Labute approximate surface area is 134 Å². The van der Waals surface area contributed by atoms with Crippen molar-refractivity contribution >= 4 is 27.8 Å². The number of fused-ring (bicyclic) bond motifs is 1. The molecular formula is C12H5F3N6S2. The third-order valence-corrected chi connectivity index (χ3v) is 4.85. The highest BCUT2D eigenvalue weighted by Gasteiger charge is 2.19. The summed E-state index contributed by atoms with van der Waals surface area (Å²) < 4.78 is 45.1. The summed E-state index contributed by atoms with van der Waals surface area (Å²) in [5.74, 6) is -3.61. The van der Waals surface area contributed by atoms with Gasteiger partial charge in [-0.15, -0.1) is 15.3 Å². The fourth-order valence-corrected chi connectivity index (χ4v) is 3.44. The van der Waals surface area contributed by atoms with Gasteiger partial charge < -0.3 is 0 Å². The average molecular weight is 354 g/mol. The standard InChI is InChI=1S/C12H5F3N6S2/c1-4-9(23-20-16-4)10-17-18-12-21(10)19-11(22-12)5-2-6(13)8(15)7(14)3-5/h2-3H,1H3. The molecule has 0 spiro atoms. The van der Waals surface area contributed by atoms with E-state index < -0.39 is 17.5 Å². The van der Waals surface area contributed by atoms with Crippen molar-refractivity contribution in [2.75, 3.05) is 0 Å². The Morgan fingerprint density at radius 1 is 1.04 bits per heavy atom. The van der Waals surface area contributed by atoms with Gasteiger partial charge in [0.2, 0.25) is 4.96 Å². The number of halogens is 3. The Morgan fingerprint density at radius 3 is 2.43 bits per heavy atom. The quantitative estimate of drug-likeness (QED) is 0.518. The molecule has 3 aromatic heterocycles. The molecule has 11 heteroatoms. The van der Waals surface area contributed by atoms with Gasteiger partial charge >= 0.3 is 0 Å². The van der Waals surface area contributed by atoms with E-state index in [1.54, 1.807) is 6.92 Å². The first kappa shape index (κ1) is 14.2. The summed E-state index contributed by atoms with van der Waals surface area (Å²) in [5, 5.41) is 16.5. The molecule has 6 nitrogen and oxygen atoms in total. The minimum absolute atomic E-state index is 0.127. The highest BCUT2D eigenvalue weighted by atomic mass is 32.1. The highest BCUT2D eigenvalue weighted by molar-refractivity contribution is 7.19. The van der Waals surface area contributed by atoms with Crippen LogP contribution in [0.2, 0.25) is 0 Å². The summed E-state index contributed by atoms with van der Waals surface area (Å²) in [6.45, 7) is 1.78. The first-order chi connectivity index (χ1) is 11.0. The molecule has 0 radical (unpaired) electrons. The number of hydrogen-bond acceptors (Lipinski definition) is 7. The Kier molecular flexibility index (Phi) is 3.13. The lowest BCUT2D eigenvalue weighted by Gasteiger charge is -1.99. The maximum Gasteiger partial charge on any atom is 0.235 e. The van der Waals surface area contributed by atoms with Gasteiger partial charge in [-0.1, -0.05) is 15.8 Å². The molecule has 4 rings (SSSR count). The van der Waals surface area contributed by atoms with Gasteiger partial charge in [-0.05, 0) is 30.6 Å². The molecule has 0 N–H and O–H groups in total. The monoisotopic (exact) mass is 354 g/mol. The first-order valence-corrected chi connectivity index (χ1v) is 7.80. The molecule has 23 heavy (non-hydrogen) atoms. The van der Waals surface area contributed by atoms with Gasteiger partial charge in [0.25, 0.3) is 0 Å². The third kappa shape index (κ3) is 2.19. The largest absolute Gasteiger partial charge is 0.235 e. The molecule has 0 fully saturated rings. The second kappa shape index (κ2) is 5.06. The van der Waals surface area contributed by atoms with Crippen LogP contribution in [0.5, 0.6) is 0 Å². The van der Waals surface area contributed by atoms with Crippen LogP contribution in [0.25, 0.3) is 26.2 Å². The van der Waals surface area contributed by atoms with Gasteiger partial charge in [0, 0.05) is 5.56 Å². The van der Waals surface area contributed by atoms with Gasteiger partial charge in [-0.25, -0.2) is 13.2 Å². The van der Waals surface area contributed by atoms with Crippen LogP contribution in [0, 0.1) is 24.4 Å². The molecule has 3 heterocycles. The summed E-state index contributed by atoms with van der Waals surface area (Å²) in [4.78, 5) is 1.14. The SMILES string of the molecule is Cc1nnsc1-c1nnc2sc(-c3cc(F)c(F)c(F)c3)nn12. The van der Waals surface area contributed by atoms with E-state index >= 15 is 0 Å². The summed E-state index contributed by atoms with van der Waals surface area (Å²) in [7, 11) is 0. The number of aryl methyl sites for hydroxylation is 1. The minimum Gasteiger partial charge on any atom is -0.204 e. The van der Waals surface area contributed by atoms with Gasteiger partial charge in [0.15, 0.2) is 23.3 Å². The maximum absolute atomic E-state index is 13.4. The molecule has 0 aliphatic rings. The van der Waals surface area contributed by atoms with E-state index in [0.717, 1.165) is 35.0 Å². The second-order valence-electron chi connectivity index (χ2n) is 4.57. The van der Waals surface area contributed by atoms with Crippen LogP contribution in [0.4, 0.5) is 13.2 Å². The fourth-order valence-electron chi connectivity index (χ4n) is 1.99. The van der Waals surface area contributed by atoms with Crippen LogP contribution >= 0.6 is 22.9 Å². The van der Waals surface area contributed by atoms with Crippen LogP contribution in [0.1, 0.15) is 5.69 Å². The molecule has 1 aromatic carbocycles. The topological polar surface area (TPSA) is 68.9 Å². The summed E-state index contributed by atoms with van der Waals surface area (Å²) >= 11 is 2.23. The minimum atomic E-state index is -1.51. The molecule has 0 saturated heterocycles. The first-order valence-electron chi connectivity index (χ1n) is 6.21. The summed E-state index contributed by atoms with van der Waals surface area (Å²) in [6, 6.07) is 1.78. The van der Waals surface area contributed by atoms with Crippen LogP contribution in [0.3, 0.4) is 0 Å². The van der Waals surface area contributed by atoms with Gasteiger partial charge in [0.1, 0.15) is 9.88 Å². The van der Waals surface area contributed by atoms with E-state index in [1.165, 1.54) is 4.52 Å². The number of aromatic nitrogens is 6. The van der Waals surface area contributed by atoms with Crippen LogP contribution in [0.15, 0.2) is 12.1 Å². The molecule has 0 amide bonds. The van der Waals surface area contributed by atoms with Gasteiger partial charge in [-0.2, -0.15) is 9.61 Å². The summed E-state index contributed by atoms with van der Waals surface area (Å²) in [5.41, 5.74) is 0.805. The lowest BCUT2D eigenvalue weighted by molar-refractivity contribution is 0.447. The maximum atomic E-state index is 13.4. The van der Waals surface area contributed by atoms with Gasteiger partial charge in [0.05, 0.1) is 5.69 Å². The van der Waals surface area contributed by atoms with Crippen molar-refractivity contribution in [3.63, 3.8) is 0 Å². The molecule has 0 atom stereocenters. The lowest BCUT2D eigenvalue weighted by Crippen LogP contribution is -1.93. The lowest BCUT2D eigenvalue weighted by atomic mass is 10.2. The van der Waals surface area contributed by atoms with Crippen molar-refractivity contribution in [2.45, 2.75) is 6.92 Å². The van der Waals surface area contributed by atoms with E-state index in [9.17, 15) is 13.2 Å². The number of hydrogen-bond donors (Lipinski definition) is 0. The Balaban J connectivity index is 1.88. The molecule has 116 valence electrons. The van der Waals surface area contributed by atoms with E-state index in [4.69, 9.17) is 0 Å². The molecule has 0 saturated carbocycles. The fraction of sp³-hybridized carbons (Fsp3) is 0.0833. The van der Waals surface area contributed by atoms with Crippen molar-refractivity contribution in [3.8, 4) is 21.3 Å². The third-order valence-electron chi connectivity index (χ3n) is 3.08. The number of nitrogens with zero attached hydrogens (tertiary/aromatic N) is 6. The van der Waals surface area contributed by atoms with E-state index in [0.29, 0.717) is 26.4 Å². The van der Waals surface area contributed by atoms with Crippen LogP contribution in [-0.4, -0.2) is 29.4 Å². The molecular weight excluding hydrogens is 349 g/mol. The Bertz CT molecular complexity index is 1010. The smallest absolute Gasteiger partial charge is 0.204 e. The molecule has 4 aromatic rings. The van der Waals surface area contributed by atoms with E-state index in [1.807, 2.05) is 0 Å². The van der Waals surface area contributed by atoms with Crippen molar-refractivity contribution in [1.29, 1.82) is 0 Å². The van der Waals surface area contributed by atoms with Crippen molar-refractivity contribution in [1.82, 2.24) is 29.4 Å². The van der Waals surface area contributed by atoms with Crippen molar-refractivity contribution in [3.05, 3.63) is 35.3 Å². The Morgan fingerprint density at radius 2 is 1.78 bits per heavy atom. The zero-order chi connectivity index (χ0) is 16.1. The van der Waals surface area contributed by atoms with Gasteiger partial charge in [-0.3, -0.25) is 0 Å². The Hall–Kier alpha value is -2.40. The molecule has 0 unspecified atom stereocenters. The molecule has 0 aliphatic carbocycles. The van der Waals surface area contributed by atoms with E-state index in [2.05, 4.69) is 24.9 Å². The second-order valence-corrected chi connectivity index (χ2v) is 6.28. The highest BCUT2D eigenvalue weighted by Crippen LogP contribution is 2.31. The molecule has 0 aliphatic heterocycles. The van der Waals surface area contributed by atoms with Crippen LogP contribution < -0.4 is 0 Å². The van der Waals surface area contributed by atoms with Crippen molar-refractivity contribution < 1.29 is 13.2 Å². The number of rotatable bonds is 2. The predicted octanol–water partition coefficient (Wildman–Crippen LogP) is 3.10. The number of benzene rings is 1. The van der Waals surface area contributed by atoms with E-state index in [-0.39, 0.29) is 5.56 Å². The normalized spacial score (nSPS) is 11.5.